The summed E-state index contributed by atoms with van der Waals surface area (Å²) in [5.41, 5.74) is 0.465. The number of ether oxygens (including phenoxy) is 1. The van der Waals surface area contributed by atoms with Gasteiger partial charge in [0.2, 0.25) is 0 Å². The molecule has 0 bridgehead atoms. The molecule has 1 unspecified atom stereocenters. The SMILES string of the molecule is CC(C)(C)OC(=O)N1CCC(CNCc2cocn2)C1. The third-order valence-corrected chi connectivity index (χ3v) is 3.16. The van der Waals surface area contributed by atoms with E-state index < -0.39 is 5.60 Å². The molecule has 0 aliphatic carbocycles. The number of aromatic nitrogens is 1. The van der Waals surface area contributed by atoms with Crippen LogP contribution in [0.5, 0.6) is 0 Å². The number of carbonyl (C=O) groups excluding carboxylic acids is 1. The highest BCUT2D eigenvalue weighted by molar-refractivity contribution is 5.68. The fourth-order valence-electron chi connectivity index (χ4n) is 2.22. The molecule has 1 N–H and O–H groups in total. The molecule has 1 saturated heterocycles. The Morgan fingerprint density at radius 2 is 2.40 bits per heavy atom. The molecule has 1 fully saturated rings. The van der Waals surface area contributed by atoms with Crippen LogP contribution in [-0.4, -0.2) is 41.2 Å². The van der Waals surface area contributed by atoms with Crippen LogP contribution in [0.1, 0.15) is 32.9 Å². The van der Waals surface area contributed by atoms with Crippen molar-refractivity contribution in [1.82, 2.24) is 15.2 Å². The van der Waals surface area contributed by atoms with E-state index in [9.17, 15) is 4.79 Å². The van der Waals surface area contributed by atoms with Gasteiger partial charge in [-0.1, -0.05) is 0 Å². The van der Waals surface area contributed by atoms with Gasteiger partial charge in [0, 0.05) is 26.2 Å². The van der Waals surface area contributed by atoms with Gasteiger partial charge in [-0.25, -0.2) is 9.78 Å². The number of hydrogen-bond acceptors (Lipinski definition) is 5. The summed E-state index contributed by atoms with van der Waals surface area (Å²) < 4.78 is 10.3. The van der Waals surface area contributed by atoms with Gasteiger partial charge in [0.15, 0.2) is 6.39 Å². The Hall–Kier alpha value is -1.56. The Morgan fingerprint density at radius 3 is 3.05 bits per heavy atom. The van der Waals surface area contributed by atoms with Gasteiger partial charge in [-0.05, 0) is 33.1 Å². The van der Waals surface area contributed by atoms with Crippen LogP contribution >= 0.6 is 0 Å². The van der Waals surface area contributed by atoms with Crippen LogP contribution in [0.4, 0.5) is 4.79 Å². The van der Waals surface area contributed by atoms with Crippen molar-refractivity contribution in [2.45, 2.75) is 39.3 Å². The van der Waals surface area contributed by atoms with Crippen molar-refractivity contribution in [1.29, 1.82) is 0 Å². The van der Waals surface area contributed by atoms with E-state index in [1.54, 1.807) is 11.2 Å². The van der Waals surface area contributed by atoms with Crippen LogP contribution in [0.15, 0.2) is 17.1 Å². The normalized spacial score (nSPS) is 19.4. The van der Waals surface area contributed by atoms with Gasteiger partial charge in [-0.2, -0.15) is 0 Å². The first-order valence-corrected chi connectivity index (χ1v) is 7.00. The largest absolute Gasteiger partial charge is 0.451 e. The fraction of sp³-hybridized carbons (Fsp3) is 0.714. The number of carbonyl (C=O) groups is 1. The lowest BCUT2D eigenvalue weighted by molar-refractivity contribution is 0.0288. The second kappa shape index (κ2) is 6.26. The molecule has 6 nitrogen and oxygen atoms in total. The zero-order valence-corrected chi connectivity index (χ0v) is 12.4. The van der Waals surface area contributed by atoms with Crippen LogP contribution in [0, 0.1) is 5.92 Å². The summed E-state index contributed by atoms with van der Waals surface area (Å²) in [5.74, 6) is 0.467. The van der Waals surface area contributed by atoms with E-state index in [1.807, 2.05) is 20.8 Å². The molecule has 2 rings (SSSR count). The lowest BCUT2D eigenvalue weighted by Gasteiger charge is -2.24. The van der Waals surface area contributed by atoms with Gasteiger partial charge in [-0.3, -0.25) is 0 Å². The van der Waals surface area contributed by atoms with Crippen molar-refractivity contribution < 1.29 is 13.9 Å². The van der Waals surface area contributed by atoms with Crippen LogP contribution in [-0.2, 0) is 11.3 Å². The minimum absolute atomic E-state index is 0.212. The van der Waals surface area contributed by atoms with Crippen LogP contribution in [0.25, 0.3) is 0 Å². The first-order chi connectivity index (χ1) is 9.44. The summed E-state index contributed by atoms with van der Waals surface area (Å²) in [6, 6.07) is 0. The molecule has 20 heavy (non-hydrogen) atoms. The predicted molar refractivity (Wildman–Crippen MR) is 74.1 cm³/mol. The van der Waals surface area contributed by atoms with Gasteiger partial charge < -0.3 is 19.4 Å². The van der Waals surface area contributed by atoms with Crippen molar-refractivity contribution in [3.05, 3.63) is 18.4 Å². The highest BCUT2D eigenvalue weighted by Gasteiger charge is 2.29. The van der Waals surface area contributed by atoms with Crippen molar-refractivity contribution in [2.75, 3.05) is 19.6 Å². The first-order valence-electron chi connectivity index (χ1n) is 7.00. The predicted octanol–water partition coefficient (Wildman–Crippen LogP) is 2.02. The smallest absolute Gasteiger partial charge is 0.410 e. The van der Waals surface area contributed by atoms with Crippen molar-refractivity contribution >= 4 is 6.09 Å². The molecule has 1 aliphatic heterocycles. The highest BCUT2D eigenvalue weighted by Crippen LogP contribution is 2.19. The standard InChI is InChI=1S/C14H23N3O3/c1-14(2,3)20-13(18)17-5-4-11(8-17)6-15-7-12-9-19-10-16-12/h9-11,15H,4-8H2,1-3H3. The average Bonchev–Trinajstić information content (AvgIpc) is 2.97. The zero-order chi connectivity index (χ0) is 14.6. The van der Waals surface area contributed by atoms with Crippen molar-refractivity contribution in [3.8, 4) is 0 Å². The van der Waals surface area contributed by atoms with E-state index in [4.69, 9.17) is 9.15 Å². The van der Waals surface area contributed by atoms with E-state index in [-0.39, 0.29) is 6.09 Å². The molecule has 6 heteroatoms. The molecule has 0 radical (unpaired) electrons. The monoisotopic (exact) mass is 281 g/mol. The van der Waals surface area contributed by atoms with Crippen LogP contribution < -0.4 is 5.32 Å². The minimum Gasteiger partial charge on any atom is -0.451 e. The van der Waals surface area contributed by atoms with E-state index in [1.165, 1.54) is 6.39 Å². The summed E-state index contributed by atoms with van der Waals surface area (Å²) in [6.07, 6.45) is 3.85. The number of rotatable bonds is 4. The number of hydrogen-bond donors (Lipinski definition) is 1. The topological polar surface area (TPSA) is 67.6 Å². The number of nitrogens with one attached hydrogen (secondary N) is 1. The highest BCUT2D eigenvalue weighted by atomic mass is 16.6. The lowest BCUT2D eigenvalue weighted by Crippen LogP contribution is -2.36. The number of amides is 1. The quantitative estimate of drug-likeness (QED) is 0.914. The van der Waals surface area contributed by atoms with Crippen LogP contribution in [0.2, 0.25) is 0 Å². The van der Waals surface area contributed by atoms with Gasteiger partial charge in [-0.15, -0.1) is 0 Å². The summed E-state index contributed by atoms with van der Waals surface area (Å²) in [4.78, 5) is 17.8. The third kappa shape index (κ3) is 4.52. The van der Waals surface area contributed by atoms with Gasteiger partial charge in [0.25, 0.3) is 0 Å². The molecule has 1 aromatic heterocycles. The van der Waals surface area contributed by atoms with Gasteiger partial charge in [0.05, 0.1) is 5.69 Å². The molecule has 1 atom stereocenters. The Labute approximate surface area is 119 Å². The van der Waals surface area contributed by atoms with E-state index >= 15 is 0 Å². The third-order valence-electron chi connectivity index (χ3n) is 3.16. The van der Waals surface area contributed by atoms with E-state index in [2.05, 4.69) is 10.3 Å². The van der Waals surface area contributed by atoms with Gasteiger partial charge >= 0.3 is 6.09 Å². The summed E-state index contributed by atoms with van der Waals surface area (Å²) in [6.45, 7) is 8.74. The van der Waals surface area contributed by atoms with E-state index in [0.29, 0.717) is 12.5 Å². The second-order valence-corrected chi connectivity index (χ2v) is 6.19. The maximum absolute atomic E-state index is 11.9. The van der Waals surface area contributed by atoms with Crippen molar-refractivity contribution in [2.24, 2.45) is 5.92 Å². The Morgan fingerprint density at radius 1 is 1.60 bits per heavy atom. The number of likely N-dealkylation sites (tertiary alicyclic amines) is 1. The Balaban J connectivity index is 1.68. The van der Waals surface area contributed by atoms with Gasteiger partial charge in [0.1, 0.15) is 11.9 Å². The molecule has 0 spiro atoms. The zero-order valence-electron chi connectivity index (χ0n) is 12.4. The summed E-state index contributed by atoms with van der Waals surface area (Å²) in [7, 11) is 0. The van der Waals surface area contributed by atoms with E-state index in [0.717, 1.165) is 31.7 Å². The maximum atomic E-state index is 11.9. The molecule has 0 saturated carbocycles. The second-order valence-electron chi connectivity index (χ2n) is 6.19. The number of oxazole rings is 1. The molecular weight excluding hydrogens is 258 g/mol. The first kappa shape index (κ1) is 14.8. The lowest BCUT2D eigenvalue weighted by atomic mass is 10.1. The molecule has 1 amide bonds. The minimum atomic E-state index is -0.430. The number of nitrogens with zero attached hydrogens (tertiary/aromatic N) is 2. The molecular formula is C14H23N3O3. The Kier molecular flexibility index (Phi) is 4.65. The fourth-order valence-corrected chi connectivity index (χ4v) is 2.22. The summed E-state index contributed by atoms with van der Waals surface area (Å²) >= 11 is 0. The average molecular weight is 281 g/mol. The van der Waals surface area contributed by atoms with Crippen molar-refractivity contribution in [3.63, 3.8) is 0 Å². The molecule has 2 heterocycles. The Bertz CT molecular complexity index is 425. The molecule has 1 aliphatic rings. The molecule has 0 aromatic carbocycles. The maximum Gasteiger partial charge on any atom is 0.410 e. The molecule has 112 valence electrons. The van der Waals surface area contributed by atoms with Crippen LogP contribution in [0.3, 0.4) is 0 Å². The molecule has 1 aromatic rings. The summed E-state index contributed by atoms with van der Waals surface area (Å²) in [5, 5.41) is 3.34.